The number of hydrogen-bond acceptors (Lipinski definition) is 4. The molecular weight excluding hydrogens is 242 g/mol. The van der Waals surface area contributed by atoms with Crippen LogP contribution in [0.3, 0.4) is 0 Å². The lowest BCUT2D eigenvalue weighted by Gasteiger charge is -2.09. The van der Waals surface area contributed by atoms with E-state index in [-0.39, 0.29) is 11.3 Å². The van der Waals surface area contributed by atoms with Gasteiger partial charge in [0.15, 0.2) is 0 Å². The van der Waals surface area contributed by atoms with Gasteiger partial charge in [-0.3, -0.25) is 0 Å². The maximum absolute atomic E-state index is 10.8. The average molecular weight is 253 g/mol. The second-order valence-electron chi connectivity index (χ2n) is 3.89. The van der Waals surface area contributed by atoms with Crippen LogP contribution in [0.4, 0.5) is 17.1 Å². The number of aromatic carboxylic acids is 1. The number of carbonyl (C=O) groups is 1. The highest BCUT2D eigenvalue weighted by Gasteiger charge is 2.08. The van der Waals surface area contributed by atoms with E-state index in [2.05, 4.69) is 11.4 Å². The van der Waals surface area contributed by atoms with E-state index >= 15 is 0 Å². The molecular formula is C14H11N3O2. The zero-order valence-electron chi connectivity index (χ0n) is 9.92. The minimum Gasteiger partial charge on any atom is -0.478 e. The third kappa shape index (κ3) is 2.64. The Morgan fingerprint density at radius 2 is 2.00 bits per heavy atom. The van der Waals surface area contributed by atoms with Gasteiger partial charge < -0.3 is 16.2 Å². The van der Waals surface area contributed by atoms with Crippen LogP contribution in [-0.4, -0.2) is 11.1 Å². The highest BCUT2D eigenvalue weighted by Crippen LogP contribution is 2.23. The maximum atomic E-state index is 10.8. The van der Waals surface area contributed by atoms with E-state index in [9.17, 15) is 4.79 Å². The molecule has 5 nitrogen and oxygen atoms in total. The Morgan fingerprint density at radius 1 is 1.26 bits per heavy atom. The van der Waals surface area contributed by atoms with Gasteiger partial charge in [-0.25, -0.2) is 4.79 Å². The summed E-state index contributed by atoms with van der Waals surface area (Å²) in [6.07, 6.45) is 0. The molecule has 2 rings (SSSR count). The van der Waals surface area contributed by atoms with Crippen molar-refractivity contribution in [1.82, 2.24) is 0 Å². The van der Waals surface area contributed by atoms with Crippen molar-refractivity contribution in [3.63, 3.8) is 0 Å². The van der Waals surface area contributed by atoms with Crippen LogP contribution in [0.5, 0.6) is 0 Å². The summed E-state index contributed by atoms with van der Waals surface area (Å²) < 4.78 is 0. The van der Waals surface area contributed by atoms with E-state index in [1.807, 2.05) is 0 Å². The summed E-state index contributed by atoms with van der Waals surface area (Å²) in [6, 6.07) is 13.7. The van der Waals surface area contributed by atoms with Crippen molar-refractivity contribution in [3.05, 3.63) is 53.6 Å². The quantitative estimate of drug-likeness (QED) is 0.730. The standard InChI is InChI=1S/C14H11N3O2/c15-8-9-3-1-2-4-13(9)17-10-5-6-11(14(18)19)12(16)7-10/h1-7,17H,16H2,(H,18,19). The fourth-order valence-electron chi connectivity index (χ4n) is 1.68. The van der Waals surface area contributed by atoms with Gasteiger partial charge in [-0.2, -0.15) is 5.26 Å². The topological polar surface area (TPSA) is 99.1 Å². The second kappa shape index (κ2) is 5.10. The Hall–Kier alpha value is -3.00. The number of rotatable bonds is 3. The summed E-state index contributed by atoms with van der Waals surface area (Å²) in [7, 11) is 0. The van der Waals surface area contributed by atoms with E-state index in [1.54, 1.807) is 30.3 Å². The average Bonchev–Trinajstić information content (AvgIpc) is 2.39. The Kier molecular flexibility index (Phi) is 3.35. The lowest BCUT2D eigenvalue weighted by Crippen LogP contribution is -2.03. The number of nitrogens with zero attached hydrogens (tertiary/aromatic N) is 1. The Morgan fingerprint density at radius 3 is 2.63 bits per heavy atom. The van der Waals surface area contributed by atoms with Crippen LogP contribution >= 0.6 is 0 Å². The number of carboxylic acids is 1. The molecule has 0 saturated carbocycles. The minimum absolute atomic E-state index is 0.0547. The second-order valence-corrected chi connectivity index (χ2v) is 3.89. The number of nitrogens with one attached hydrogen (secondary N) is 1. The van der Waals surface area contributed by atoms with Crippen molar-refractivity contribution in [2.75, 3.05) is 11.1 Å². The van der Waals surface area contributed by atoms with Crippen molar-refractivity contribution in [1.29, 1.82) is 5.26 Å². The van der Waals surface area contributed by atoms with Crippen LogP contribution in [0, 0.1) is 11.3 Å². The number of nitriles is 1. The molecule has 94 valence electrons. The monoisotopic (exact) mass is 253 g/mol. The molecule has 19 heavy (non-hydrogen) atoms. The predicted molar refractivity (Wildman–Crippen MR) is 72.3 cm³/mol. The summed E-state index contributed by atoms with van der Waals surface area (Å²) in [6.45, 7) is 0. The summed E-state index contributed by atoms with van der Waals surface area (Å²) >= 11 is 0. The number of carboxylic acid groups (broad SMARTS) is 1. The molecule has 0 spiro atoms. The van der Waals surface area contributed by atoms with Crippen LogP contribution in [0.2, 0.25) is 0 Å². The summed E-state index contributed by atoms with van der Waals surface area (Å²) in [4.78, 5) is 10.8. The molecule has 5 heteroatoms. The molecule has 0 bridgehead atoms. The third-order valence-electron chi connectivity index (χ3n) is 2.61. The van der Waals surface area contributed by atoms with Crippen molar-refractivity contribution in [3.8, 4) is 6.07 Å². The number of nitrogens with two attached hydrogens (primary N) is 1. The van der Waals surface area contributed by atoms with Gasteiger partial charge in [-0.05, 0) is 30.3 Å². The first-order chi connectivity index (χ1) is 9.11. The van der Waals surface area contributed by atoms with E-state index < -0.39 is 5.97 Å². The predicted octanol–water partition coefficient (Wildman–Crippen LogP) is 2.58. The Balaban J connectivity index is 2.32. The van der Waals surface area contributed by atoms with Crippen LogP contribution in [0.1, 0.15) is 15.9 Å². The number of anilines is 3. The zero-order chi connectivity index (χ0) is 13.8. The molecule has 0 aliphatic rings. The number of para-hydroxylation sites is 1. The molecule has 2 aromatic rings. The van der Waals surface area contributed by atoms with Gasteiger partial charge in [-0.1, -0.05) is 12.1 Å². The molecule has 0 aromatic heterocycles. The molecule has 0 aliphatic carbocycles. The molecule has 2 aromatic carbocycles. The smallest absolute Gasteiger partial charge is 0.337 e. The maximum Gasteiger partial charge on any atom is 0.337 e. The van der Waals surface area contributed by atoms with Gasteiger partial charge in [0.25, 0.3) is 0 Å². The fraction of sp³-hybridized carbons (Fsp3) is 0. The molecule has 0 unspecified atom stereocenters. The van der Waals surface area contributed by atoms with E-state index in [4.69, 9.17) is 16.1 Å². The Bertz CT molecular complexity index is 675. The summed E-state index contributed by atoms with van der Waals surface area (Å²) in [5, 5.41) is 20.9. The molecule has 0 aliphatic heterocycles. The summed E-state index contributed by atoms with van der Waals surface area (Å²) in [5.41, 5.74) is 7.67. The highest BCUT2D eigenvalue weighted by molar-refractivity contribution is 5.94. The van der Waals surface area contributed by atoms with Crippen LogP contribution in [-0.2, 0) is 0 Å². The molecule has 0 fully saturated rings. The minimum atomic E-state index is -1.07. The normalized spacial score (nSPS) is 9.63. The number of hydrogen-bond donors (Lipinski definition) is 3. The number of nitrogen functional groups attached to an aromatic ring is 1. The van der Waals surface area contributed by atoms with Gasteiger partial charge in [-0.15, -0.1) is 0 Å². The summed E-state index contributed by atoms with van der Waals surface area (Å²) in [5.74, 6) is -1.07. The van der Waals surface area contributed by atoms with Crippen LogP contribution in [0.15, 0.2) is 42.5 Å². The zero-order valence-corrected chi connectivity index (χ0v) is 9.92. The lowest BCUT2D eigenvalue weighted by molar-refractivity contribution is 0.0698. The number of benzene rings is 2. The van der Waals surface area contributed by atoms with Gasteiger partial charge >= 0.3 is 5.97 Å². The van der Waals surface area contributed by atoms with Crippen molar-refractivity contribution in [2.45, 2.75) is 0 Å². The van der Waals surface area contributed by atoms with Crippen molar-refractivity contribution < 1.29 is 9.90 Å². The molecule has 0 radical (unpaired) electrons. The van der Waals surface area contributed by atoms with E-state index in [0.717, 1.165) is 0 Å². The van der Waals surface area contributed by atoms with Gasteiger partial charge in [0, 0.05) is 11.4 Å². The van der Waals surface area contributed by atoms with Crippen molar-refractivity contribution in [2.24, 2.45) is 0 Å². The Labute approximate surface area is 109 Å². The first-order valence-electron chi connectivity index (χ1n) is 5.51. The first-order valence-corrected chi connectivity index (χ1v) is 5.51. The molecule has 0 heterocycles. The first kappa shape index (κ1) is 12.5. The van der Waals surface area contributed by atoms with Gasteiger partial charge in [0.05, 0.1) is 16.8 Å². The largest absolute Gasteiger partial charge is 0.478 e. The SMILES string of the molecule is N#Cc1ccccc1Nc1ccc(C(=O)O)c(N)c1. The highest BCUT2D eigenvalue weighted by atomic mass is 16.4. The van der Waals surface area contributed by atoms with Crippen LogP contribution in [0.25, 0.3) is 0 Å². The van der Waals surface area contributed by atoms with Crippen molar-refractivity contribution >= 4 is 23.0 Å². The van der Waals surface area contributed by atoms with E-state index in [0.29, 0.717) is 16.9 Å². The van der Waals surface area contributed by atoms with Gasteiger partial charge in [0.2, 0.25) is 0 Å². The van der Waals surface area contributed by atoms with Gasteiger partial charge in [0.1, 0.15) is 6.07 Å². The van der Waals surface area contributed by atoms with E-state index in [1.165, 1.54) is 12.1 Å². The lowest BCUT2D eigenvalue weighted by atomic mass is 10.1. The molecule has 0 saturated heterocycles. The molecule has 4 N–H and O–H groups in total. The van der Waals surface area contributed by atoms with Crippen LogP contribution < -0.4 is 11.1 Å². The third-order valence-corrected chi connectivity index (χ3v) is 2.61. The fourth-order valence-corrected chi connectivity index (χ4v) is 1.68. The molecule has 0 atom stereocenters. The molecule has 0 amide bonds.